The molecule has 0 atom stereocenters. The molecule has 1 aromatic heterocycles. The third kappa shape index (κ3) is 5.84. The van der Waals surface area contributed by atoms with Crippen LogP contribution in [0.1, 0.15) is 55.3 Å². The van der Waals surface area contributed by atoms with Crippen molar-refractivity contribution in [3.63, 3.8) is 0 Å². The van der Waals surface area contributed by atoms with Crippen LogP contribution in [-0.4, -0.2) is 29.9 Å². The molecule has 1 fully saturated rings. The van der Waals surface area contributed by atoms with Gasteiger partial charge in [-0.3, -0.25) is 14.6 Å². The molecule has 2 rings (SSSR count). The normalized spacial score (nSPS) is 15.3. The van der Waals surface area contributed by atoms with Crippen LogP contribution in [0.15, 0.2) is 24.5 Å². The van der Waals surface area contributed by atoms with Gasteiger partial charge in [-0.05, 0) is 24.5 Å². The molecule has 1 heterocycles. The van der Waals surface area contributed by atoms with Gasteiger partial charge >= 0.3 is 0 Å². The first-order valence-corrected chi connectivity index (χ1v) is 8.20. The number of carbonyl (C=O) groups excluding carboxylic acids is 2. The summed E-state index contributed by atoms with van der Waals surface area (Å²) in [6.45, 7) is 0.901. The highest BCUT2D eigenvalue weighted by Gasteiger charge is 2.14. The lowest BCUT2D eigenvalue weighted by molar-refractivity contribution is -0.121. The van der Waals surface area contributed by atoms with Gasteiger partial charge in [0.1, 0.15) is 0 Å². The fourth-order valence-electron chi connectivity index (χ4n) is 2.88. The lowest BCUT2D eigenvalue weighted by atomic mass is 9.86. The maximum atomic E-state index is 11.8. The lowest BCUT2D eigenvalue weighted by Crippen LogP contribution is -2.34. The molecule has 0 spiro atoms. The summed E-state index contributed by atoms with van der Waals surface area (Å²) >= 11 is 0. The average Bonchev–Trinajstić information content (AvgIpc) is 2.58. The number of rotatable bonds is 7. The van der Waals surface area contributed by atoms with Gasteiger partial charge in [-0.2, -0.15) is 0 Å². The van der Waals surface area contributed by atoms with Gasteiger partial charge in [-0.25, -0.2) is 0 Å². The van der Waals surface area contributed by atoms with Crippen molar-refractivity contribution in [2.75, 3.05) is 13.1 Å². The Hall–Kier alpha value is -1.91. The van der Waals surface area contributed by atoms with E-state index in [9.17, 15) is 9.59 Å². The number of hydrogen-bond donors (Lipinski definition) is 2. The molecule has 1 aliphatic rings. The van der Waals surface area contributed by atoms with Gasteiger partial charge in [-0.15, -0.1) is 0 Å². The van der Waals surface area contributed by atoms with Crippen LogP contribution in [0.2, 0.25) is 0 Å². The molecule has 1 saturated carbocycles. The van der Waals surface area contributed by atoms with Crippen molar-refractivity contribution in [1.82, 2.24) is 15.6 Å². The smallest absolute Gasteiger partial charge is 0.252 e. The Morgan fingerprint density at radius 1 is 1.14 bits per heavy atom. The van der Waals surface area contributed by atoms with Crippen molar-refractivity contribution in [2.45, 2.75) is 44.9 Å². The Bertz CT molecular complexity index is 470. The molecule has 0 aliphatic heterocycles. The van der Waals surface area contributed by atoms with E-state index in [0.717, 1.165) is 12.3 Å². The molecule has 22 heavy (non-hydrogen) atoms. The highest BCUT2D eigenvalue weighted by atomic mass is 16.2. The Labute approximate surface area is 131 Å². The zero-order valence-corrected chi connectivity index (χ0v) is 13.0. The predicted molar refractivity (Wildman–Crippen MR) is 85.4 cm³/mol. The SMILES string of the molecule is O=C(CCC1CCCCC1)NCCNC(=O)c1cccnc1. The summed E-state index contributed by atoms with van der Waals surface area (Å²) in [5.41, 5.74) is 0.533. The molecule has 0 radical (unpaired) electrons. The number of amides is 2. The van der Waals surface area contributed by atoms with E-state index in [4.69, 9.17) is 0 Å². The van der Waals surface area contributed by atoms with E-state index in [0.29, 0.717) is 25.1 Å². The van der Waals surface area contributed by atoms with Crippen molar-refractivity contribution >= 4 is 11.8 Å². The topological polar surface area (TPSA) is 71.1 Å². The molecule has 0 bridgehead atoms. The molecule has 0 aromatic carbocycles. The molecule has 2 amide bonds. The van der Waals surface area contributed by atoms with Crippen LogP contribution < -0.4 is 10.6 Å². The molecule has 1 aromatic rings. The number of hydrogen-bond acceptors (Lipinski definition) is 3. The summed E-state index contributed by atoms with van der Waals surface area (Å²) in [7, 11) is 0. The predicted octanol–water partition coefficient (Wildman–Crippen LogP) is 2.29. The first kappa shape index (κ1) is 16.5. The maximum Gasteiger partial charge on any atom is 0.252 e. The number of aromatic nitrogens is 1. The fourth-order valence-corrected chi connectivity index (χ4v) is 2.88. The molecular weight excluding hydrogens is 278 g/mol. The van der Waals surface area contributed by atoms with E-state index in [1.807, 2.05) is 0 Å². The zero-order valence-electron chi connectivity index (χ0n) is 13.0. The summed E-state index contributed by atoms with van der Waals surface area (Å²) in [4.78, 5) is 27.4. The summed E-state index contributed by atoms with van der Waals surface area (Å²) < 4.78 is 0. The summed E-state index contributed by atoms with van der Waals surface area (Å²) in [5, 5.41) is 5.63. The van der Waals surface area contributed by atoms with Crippen LogP contribution in [0.3, 0.4) is 0 Å². The number of carbonyl (C=O) groups is 2. The number of pyridine rings is 1. The Kier molecular flexibility index (Phi) is 6.87. The number of nitrogens with one attached hydrogen (secondary N) is 2. The molecule has 5 heteroatoms. The van der Waals surface area contributed by atoms with Crippen LogP contribution in [0.4, 0.5) is 0 Å². The van der Waals surface area contributed by atoms with E-state index in [1.165, 1.54) is 38.3 Å². The van der Waals surface area contributed by atoms with Crippen LogP contribution >= 0.6 is 0 Å². The van der Waals surface area contributed by atoms with Crippen molar-refractivity contribution in [1.29, 1.82) is 0 Å². The van der Waals surface area contributed by atoms with E-state index in [-0.39, 0.29) is 11.8 Å². The minimum absolute atomic E-state index is 0.0844. The monoisotopic (exact) mass is 303 g/mol. The average molecular weight is 303 g/mol. The Morgan fingerprint density at radius 2 is 1.91 bits per heavy atom. The quantitative estimate of drug-likeness (QED) is 0.759. The first-order chi connectivity index (χ1) is 10.8. The summed E-state index contributed by atoms with van der Waals surface area (Å²) in [6.07, 6.45) is 11.3. The molecule has 5 nitrogen and oxygen atoms in total. The Balaban J connectivity index is 1.54. The third-order valence-electron chi connectivity index (χ3n) is 4.16. The molecule has 120 valence electrons. The maximum absolute atomic E-state index is 11.8. The molecule has 2 N–H and O–H groups in total. The van der Waals surface area contributed by atoms with Gasteiger partial charge in [0.15, 0.2) is 0 Å². The van der Waals surface area contributed by atoms with E-state index < -0.39 is 0 Å². The summed E-state index contributed by atoms with van der Waals surface area (Å²) in [5.74, 6) is 0.649. The van der Waals surface area contributed by atoms with Gasteiger partial charge in [0.25, 0.3) is 5.91 Å². The van der Waals surface area contributed by atoms with E-state index >= 15 is 0 Å². The van der Waals surface area contributed by atoms with Gasteiger partial charge in [0.2, 0.25) is 5.91 Å². The first-order valence-electron chi connectivity index (χ1n) is 8.20. The second-order valence-corrected chi connectivity index (χ2v) is 5.89. The van der Waals surface area contributed by atoms with Crippen LogP contribution in [-0.2, 0) is 4.79 Å². The van der Waals surface area contributed by atoms with Crippen molar-refractivity contribution in [3.05, 3.63) is 30.1 Å². The van der Waals surface area contributed by atoms with Crippen LogP contribution in [0, 0.1) is 5.92 Å². The van der Waals surface area contributed by atoms with Crippen molar-refractivity contribution in [2.24, 2.45) is 5.92 Å². The molecular formula is C17H25N3O2. The number of nitrogens with zero attached hydrogens (tertiary/aromatic N) is 1. The zero-order chi connectivity index (χ0) is 15.6. The van der Waals surface area contributed by atoms with Crippen LogP contribution in [0.5, 0.6) is 0 Å². The minimum Gasteiger partial charge on any atom is -0.354 e. The van der Waals surface area contributed by atoms with Gasteiger partial charge in [0.05, 0.1) is 5.56 Å². The van der Waals surface area contributed by atoms with E-state index in [2.05, 4.69) is 15.6 Å². The standard InChI is InChI=1S/C17H25N3O2/c21-16(9-8-14-5-2-1-3-6-14)19-11-12-20-17(22)15-7-4-10-18-13-15/h4,7,10,13-14H,1-3,5-6,8-9,11-12H2,(H,19,21)(H,20,22). The van der Waals surface area contributed by atoms with Gasteiger partial charge in [0, 0.05) is 31.9 Å². The van der Waals surface area contributed by atoms with Crippen LogP contribution in [0.25, 0.3) is 0 Å². The third-order valence-corrected chi connectivity index (χ3v) is 4.16. The molecule has 1 aliphatic carbocycles. The fraction of sp³-hybridized carbons (Fsp3) is 0.588. The van der Waals surface area contributed by atoms with E-state index in [1.54, 1.807) is 18.3 Å². The molecule has 0 unspecified atom stereocenters. The summed E-state index contributed by atoms with van der Waals surface area (Å²) in [6, 6.07) is 3.44. The second-order valence-electron chi connectivity index (χ2n) is 5.89. The lowest BCUT2D eigenvalue weighted by Gasteiger charge is -2.20. The Morgan fingerprint density at radius 3 is 2.64 bits per heavy atom. The minimum atomic E-state index is -0.162. The second kappa shape index (κ2) is 9.18. The van der Waals surface area contributed by atoms with Crippen molar-refractivity contribution in [3.8, 4) is 0 Å². The largest absolute Gasteiger partial charge is 0.354 e. The van der Waals surface area contributed by atoms with Gasteiger partial charge < -0.3 is 10.6 Å². The van der Waals surface area contributed by atoms with Crippen molar-refractivity contribution < 1.29 is 9.59 Å². The highest BCUT2D eigenvalue weighted by molar-refractivity contribution is 5.93. The van der Waals surface area contributed by atoms with Gasteiger partial charge in [-0.1, -0.05) is 32.1 Å². The molecule has 0 saturated heterocycles. The highest BCUT2D eigenvalue weighted by Crippen LogP contribution is 2.27.